The van der Waals surface area contributed by atoms with Crippen molar-refractivity contribution in [3.63, 3.8) is 0 Å². The minimum Gasteiger partial charge on any atom is -0.504 e. The zero-order valence-electron chi connectivity index (χ0n) is 7.14. The molecule has 0 aliphatic heterocycles. The Morgan fingerprint density at radius 2 is 2.21 bits per heavy atom. The summed E-state index contributed by atoms with van der Waals surface area (Å²) in [5.74, 6) is -1.37. The Morgan fingerprint density at radius 3 is 2.79 bits per heavy atom. The molecule has 74 valence electrons. The van der Waals surface area contributed by atoms with Gasteiger partial charge in [-0.15, -0.1) is 0 Å². The first-order chi connectivity index (χ1) is 6.63. The van der Waals surface area contributed by atoms with Crippen molar-refractivity contribution in [1.29, 1.82) is 0 Å². The molecule has 14 heavy (non-hydrogen) atoms. The van der Waals surface area contributed by atoms with Gasteiger partial charge in [-0.05, 0) is 18.2 Å². The highest BCUT2D eigenvalue weighted by atomic mass is 16.5. The number of benzene rings is 1. The molecule has 5 heteroatoms. The van der Waals surface area contributed by atoms with Crippen LogP contribution in [0.15, 0.2) is 18.2 Å². The van der Waals surface area contributed by atoms with Gasteiger partial charge in [0.15, 0.2) is 18.1 Å². The summed E-state index contributed by atoms with van der Waals surface area (Å²) in [6, 6.07) is 3.93. The van der Waals surface area contributed by atoms with Gasteiger partial charge in [-0.25, -0.2) is 4.79 Å². The Hall–Kier alpha value is -2.04. The Morgan fingerprint density at radius 1 is 1.50 bits per heavy atom. The van der Waals surface area contributed by atoms with E-state index in [0.29, 0.717) is 11.8 Å². The Kier molecular flexibility index (Phi) is 3.06. The van der Waals surface area contributed by atoms with Gasteiger partial charge in [0, 0.05) is 5.56 Å². The van der Waals surface area contributed by atoms with Crippen LogP contribution in [0.25, 0.3) is 0 Å². The van der Waals surface area contributed by atoms with Crippen molar-refractivity contribution in [3.8, 4) is 11.5 Å². The number of aromatic hydroxyl groups is 1. The van der Waals surface area contributed by atoms with E-state index in [9.17, 15) is 14.7 Å². The highest BCUT2D eigenvalue weighted by Crippen LogP contribution is 2.25. The molecule has 1 aromatic rings. The maximum absolute atomic E-state index is 10.4. The third-order valence-electron chi connectivity index (χ3n) is 1.47. The lowest BCUT2D eigenvalue weighted by atomic mass is 10.2. The van der Waals surface area contributed by atoms with Crippen molar-refractivity contribution >= 4 is 12.3 Å². The van der Waals surface area contributed by atoms with Crippen LogP contribution in [0.3, 0.4) is 0 Å². The SMILES string of the molecule is O=Cc1ccc(O)c(OCC(=O)O)c1. The van der Waals surface area contributed by atoms with Crippen molar-refractivity contribution in [3.05, 3.63) is 23.8 Å². The third-order valence-corrected chi connectivity index (χ3v) is 1.47. The lowest BCUT2D eigenvalue weighted by Crippen LogP contribution is -2.09. The molecule has 0 radical (unpaired) electrons. The smallest absolute Gasteiger partial charge is 0.341 e. The number of hydrogen-bond donors (Lipinski definition) is 2. The molecular weight excluding hydrogens is 188 g/mol. The summed E-state index contributed by atoms with van der Waals surface area (Å²) < 4.78 is 4.73. The zero-order chi connectivity index (χ0) is 10.6. The van der Waals surface area contributed by atoms with Crippen LogP contribution in [-0.4, -0.2) is 29.1 Å². The number of phenols is 1. The van der Waals surface area contributed by atoms with E-state index in [2.05, 4.69) is 0 Å². The number of aldehydes is 1. The number of hydrogen-bond acceptors (Lipinski definition) is 4. The monoisotopic (exact) mass is 196 g/mol. The Balaban J connectivity index is 2.83. The molecule has 0 saturated heterocycles. The first-order valence-corrected chi connectivity index (χ1v) is 3.76. The van der Waals surface area contributed by atoms with Crippen LogP contribution in [0.2, 0.25) is 0 Å². The molecule has 0 heterocycles. The topological polar surface area (TPSA) is 83.8 Å². The van der Waals surface area contributed by atoms with Crippen LogP contribution in [0.1, 0.15) is 10.4 Å². The van der Waals surface area contributed by atoms with E-state index in [0.717, 1.165) is 0 Å². The molecule has 0 unspecified atom stereocenters. The maximum Gasteiger partial charge on any atom is 0.341 e. The van der Waals surface area contributed by atoms with E-state index >= 15 is 0 Å². The fourth-order valence-electron chi connectivity index (χ4n) is 0.859. The molecule has 1 aromatic carbocycles. The molecule has 2 N–H and O–H groups in total. The van der Waals surface area contributed by atoms with Gasteiger partial charge in [-0.2, -0.15) is 0 Å². The molecule has 0 spiro atoms. The predicted octanol–water partition coefficient (Wildman–Crippen LogP) is 0.668. The summed E-state index contributed by atoms with van der Waals surface area (Å²) in [6.07, 6.45) is 0.576. The minimum atomic E-state index is -1.15. The predicted molar refractivity (Wildman–Crippen MR) is 46.6 cm³/mol. The molecule has 0 amide bonds. The summed E-state index contributed by atoms with van der Waals surface area (Å²) in [6.45, 7) is -0.560. The Bertz CT molecular complexity index is 358. The standard InChI is InChI=1S/C9H8O5/c10-4-6-1-2-7(11)8(3-6)14-5-9(12)13/h1-4,11H,5H2,(H,12,13). The zero-order valence-corrected chi connectivity index (χ0v) is 7.14. The van der Waals surface area contributed by atoms with Crippen LogP contribution < -0.4 is 4.74 Å². The molecule has 0 aromatic heterocycles. The van der Waals surface area contributed by atoms with E-state index in [4.69, 9.17) is 9.84 Å². The summed E-state index contributed by atoms with van der Waals surface area (Å²) in [4.78, 5) is 20.5. The third kappa shape index (κ3) is 2.48. The molecule has 5 nitrogen and oxygen atoms in total. The number of carboxylic acid groups (broad SMARTS) is 1. The average Bonchev–Trinajstić information content (AvgIpc) is 2.16. The van der Waals surface area contributed by atoms with E-state index in [1.54, 1.807) is 0 Å². The molecule has 0 aliphatic carbocycles. The van der Waals surface area contributed by atoms with Crippen LogP contribution >= 0.6 is 0 Å². The highest BCUT2D eigenvalue weighted by Gasteiger charge is 2.05. The quantitative estimate of drug-likeness (QED) is 0.691. The second-order valence-corrected chi connectivity index (χ2v) is 2.53. The molecule has 0 saturated carbocycles. The van der Waals surface area contributed by atoms with Gasteiger partial charge >= 0.3 is 5.97 Å². The average molecular weight is 196 g/mol. The first-order valence-electron chi connectivity index (χ1n) is 3.76. The maximum atomic E-state index is 10.4. The molecule has 1 rings (SSSR count). The fourth-order valence-corrected chi connectivity index (χ4v) is 0.859. The normalized spacial score (nSPS) is 9.43. The van der Waals surface area contributed by atoms with Gasteiger partial charge < -0.3 is 14.9 Å². The van der Waals surface area contributed by atoms with Gasteiger partial charge in [-0.3, -0.25) is 4.79 Å². The lowest BCUT2D eigenvalue weighted by Gasteiger charge is -2.05. The van der Waals surface area contributed by atoms with Gasteiger partial charge in [0.05, 0.1) is 0 Å². The van der Waals surface area contributed by atoms with E-state index in [-0.39, 0.29) is 11.5 Å². The van der Waals surface area contributed by atoms with Gasteiger partial charge in [0.2, 0.25) is 0 Å². The van der Waals surface area contributed by atoms with Crippen molar-refractivity contribution in [2.75, 3.05) is 6.61 Å². The second kappa shape index (κ2) is 4.27. The van der Waals surface area contributed by atoms with Crippen LogP contribution in [-0.2, 0) is 4.79 Å². The minimum absolute atomic E-state index is 0.0167. The summed E-state index contributed by atoms with van der Waals surface area (Å²) >= 11 is 0. The Labute approximate surface area is 79.6 Å². The summed E-state index contributed by atoms with van der Waals surface area (Å²) in [7, 11) is 0. The van der Waals surface area contributed by atoms with Gasteiger partial charge in [0.1, 0.15) is 6.29 Å². The highest BCUT2D eigenvalue weighted by molar-refractivity contribution is 5.76. The van der Waals surface area contributed by atoms with Crippen molar-refractivity contribution in [1.82, 2.24) is 0 Å². The fraction of sp³-hybridized carbons (Fsp3) is 0.111. The number of aliphatic carboxylic acids is 1. The van der Waals surface area contributed by atoms with Crippen molar-refractivity contribution in [2.45, 2.75) is 0 Å². The van der Waals surface area contributed by atoms with Crippen LogP contribution in [0, 0.1) is 0 Å². The van der Waals surface area contributed by atoms with Gasteiger partial charge in [0.25, 0.3) is 0 Å². The molecule has 0 bridgehead atoms. The lowest BCUT2D eigenvalue weighted by molar-refractivity contribution is -0.139. The first kappa shape index (κ1) is 10.0. The molecular formula is C9H8O5. The number of phenolic OH excluding ortho intramolecular Hbond substituents is 1. The van der Waals surface area contributed by atoms with E-state index < -0.39 is 12.6 Å². The number of carbonyl (C=O) groups excluding carboxylic acids is 1. The van der Waals surface area contributed by atoms with Crippen LogP contribution in [0.5, 0.6) is 11.5 Å². The van der Waals surface area contributed by atoms with Crippen LogP contribution in [0.4, 0.5) is 0 Å². The van der Waals surface area contributed by atoms with Crippen molar-refractivity contribution in [2.24, 2.45) is 0 Å². The summed E-state index contributed by atoms with van der Waals surface area (Å²) in [5.41, 5.74) is 0.309. The molecule has 0 atom stereocenters. The van der Waals surface area contributed by atoms with Crippen molar-refractivity contribution < 1.29 is 24.5 Å². The number of carbonyl (C=O) groups is 2. The van der Waals surface area contributed by atoms with E-state index in [1.807, 2.05) is 0 Å². The molecule has 0 aliphatic rings. The number of ether oxygens (including phenoxy) is 1. The number of carboxylic acids is 1. The van der Waals surface area contributed by atoms with E-state index in [1.165, 1.54) is 18.2 Å². The summed E-state index contributed by atoms with van der Waals surface area (Å²) in [5, 5.41) is 17.5. The molecule has 0 fully saturated rings. The van der Waals surface area contributed by atoms with Gasteiger partial charge in [-0.1, -0.05) is 0 Å². The largest absolute Gasteiger partial charge is 0.504 e. The number of rotatable bonds is 4. The second-order valence-electron chi connectivity index (χ2n) is 2.53.